The van der Waals surface area contributed by atoms with Gasteiger partial charge in [0.25, 0.3) is 0 Å². The van der Waals surface area contributed by atoms with Gasteiger partial charge < -0.3 is 15.2 Å². The van der Waals surface area contributed by atoms with E-state index < -0.39 is 0 Å². The van der Waals surface area contributed by atoms with Crippen LogP contribution in [-0.4, -0.2) is 33.3 Å². The molecule has 24 heavy (non-hydrogen) atoms. The molecule has 0 saturated carbocycles. The van der Waals surface area contributed by atoms with E-state index in [1.165, 1.54) is 38.5 Å². The van der Waals surface area contributed by atoms with Crippen LogP contribution in [-0.2, 0) is 13.6 Å². The summed E-state index contributed by atoms with van der Waals surface area (Å²) < 4.78 is 1.99. The predicted molar refractivity (Wildman–Crippen MR) is 101 cm³/mol. The third-order valence-corrected chi connectivity index (χ3v) is 4.26. The summed E-state index contributed by atoms with van der Waals surface area (Å²) in [6.45, 7) is 10.1. The lowest BCUT2D eigenvalue weighted by molar-refractivity contribution is 0.535. The minimum Gasteiger partial charge on any atom is -0.356 e. The summed E-state index contributed by atoms with van der Waals surface area (Å²) in [6, 6.07) is 0.427. The second kappa shape index (κ2) is 11.9. The summed E-state index contributed by atoms with van der Waals surface area (Å²) >= 11 is 0. The Morgan fingerprint density at radius 3 is 2.50 bits per heavy atom. The van der Waals surface area contributed by atoms with Crippen LogP contribution >= 0.6 is 0 Å². The van der Waals surface area contributed by atoms with Crippen molar-refractivity contribution < 1.29 is 0 Å². The zero-order valence-corrected chi connectivity index (χ0v) is 16.2. The Kier molecular flexibility index (Phi) is 10.1. The average Bonchev–Trinajstić information content (AvgIpc) is 2.88. The molecule has 0 radical (unpaired) electrons. The first-order chi connectivity index (χ1) is 11.6. The van der Waals surface area contributed by atoms with Gasteiger partial charge in [-0.2, -0.15) is 0 Å². The molecule has 0 amide bonds. The Labute approximate surface area is 147 Å². The van der Waals surface area contributed by atoms with Gasteiger partial charge in [0, 0.05) is 19.6 Å². The lowest BCUT2D eigenvalue weighted by Gasteiger charge is -2.18. The topological polar surface area (TPSA) is 67.1 Å². The number of aliphatic imine (C=N–C) groups is 1. The second-order valence-corrected chi connectivity index (χ2v) is 6.56. The average molecular weight is 337 g/mol. The normalized spacial score (nSPS) is 13.1. The highest BCUT2D eigenvalue weighted by Crippen LogP contribution is 2.05. The van der Waals surface area contributed by atoms with E-state index in [-0.39, 0.29) is 0 Å². The van der Waals surface area contributed by atoms with Crippen molar-refractivity contribution in [1.82, 2.24) is 25.4 Å². The molecule has 6 nitrogen and oxygen atoms in total. The van der Waals surface area contributed by atoms with Gasteiger partial charge in [0.05, 0.1) is 0 Å². The highest BCUT2D eigenvalue weighted by atomic mass is 15.3. The molecule has 2 N–H and O–H groups in total. The molecule has 1 aromatic rings. The molecule has 0 bridgehead atoms. The highest BCUT2D eigenvalue weighted by molar-refractivity contribution is 5.80. The van der Waals surface area contributed by atoms with Crippen LogP contribution in [0.25, 0.3) is 0 Å². The van der Waals surface area contributed by atoms with Crippen LogP contribution in [0, 0.1) is 6.92 Å². The van der Waals surface area contributed by atoms with Gasteiger partial charge in [0.15, 0.2) is 11.8 Å². The first-order valence-corrected chi connectivity index (χ1v) is 9.48. The number of aryl methyl sites for hydroxylation is 1. The van der Waals surface area contributed by atoms with Crippen molar-refractivity contribution >= 4 is 5.96 Å². The largest absolute Gasteiger partial charge is 0.356 e. The van der Waals surface area contributed by atoms with E-state index in [0.717, 1.165) is 30.6 Å². The maximum absolute atomic E-state index is 4.70. The summed E-state index contributed by atoms with van der Waals surface area (Å²) in [4.78, 5) is 4.70. The van der Waals surface area contributed by atoms with Gasteiger partial charge in [-0.05, 0) is 26.7 Å². The number of nitrogens with zero attached hydrogens (tertiary/aromatic N) is 4. The Balaban J connectivity index is 2.55. The molecular formula is C18H36N6. The molecule has 138 valence electrons. The van der Waals surface area contributed by atoms with Gasteiger partial charge in [-0.3, -0.25) is 0 Å². The lowest BCUT2D eigenvalue weighted by Crippen LogP contribution is -2.42. The summed E-state index contributed by atoms with van der Waals surface area (Å²) in [5, 5.41) is 15.2. The summed E-state index contributed by atoms with van der Waals surface area (Å²) in [6.07, 6.45) is 8.70. The molecule has 0 aromatic carbocycles. The fourth-order valence-electron chi connectivity index (χ4n) is 2.46. The molecule has 0 aliphatic carbocycles. The van der Waals surface area contributed by atoms with E-state index in [4.69, 9.17) is 4.99 Å². The van der Waals surface area contributed by atoms with E-state index in [2.05, 4.69) is 41.6 Å². The first-order valence-electron chi connectivity index (χ1n) is 9.48. The quantitative estimate of drug-likeness (QED) is 0.369. The SMILES string of the molecule is CCCCCCC(C)NC(=NCc1nnc(C)n1C)NCCCC. The van der Waals surface area contributed by atoms with Crippen molar-refractivity contribution in [1.29, 1.82) is 0 Å². The molecule has 0 aliphatic rings. The van der Waals surface area contributed by atoms with Crippen molar-refractivity contribution in [2.45, 2.75) is 85.2 Å². The van der Waals surface area contributed by atoms with Gasteiger partial charge in [-0.1, -0.05) is 46.0 Å². The molecule has 0 spiro atoms. The second-order valence-electron chi connectivity index (χ2n) is 6.56. The smallest absolute Gasteiger partial charge is 0.191 e. The fraction of sp³-hybridized carbons (Fsp3) is 0.833. The third kappa shape index (κ3) is 7.79. The molecule has 1 heterocycles. The number of unbranched alkanes of at least 4 members (excludes halogenated alkanes) is 4. The van der Waals surface area contributed by atoms with Crippen LogP contribution in [0.15, 0.2) is 4.99 Å². The van der Waals surface area contributed by atoms with Crippen LogP contribution in [0.5, 0.6) is 0 Å². The van der Waals surface area contributed by atoms with E-state index in [1.807, 2.05) is 18.5 Å². The van der Waals surface area contributed by atoms with Crippen LogP contribution in [0.3, 0.4) is 0 Å². The Hall–Kier alpha value is -1.59. The van der Waals surface area contributed by atoms with Gasteiger partial charge in [-0.15, -0.1) is 10.2 Å². The molecule has 0 aliphatic heterocycles. The third-order valence-electron chi connectivity index (χ3n) is 4.26. The number of nitrogens with one attached hydrogen (secondary N) is 2. The van der Waals surface area contributed by atoms with Crippen molar-refractivity contribution in [3.8, 4) is 0 Å². The van der Waals surface area contributed by atoms with Crippen molar-refractivity contribution in [3.63, 3.8) is 0 Å². The van der Waals surface area contributed by atoms with Crippen LogP contribution in [0.2, 0.25) is 0 Å². The zero-order valence-electron chi connectivity index (χ0n) is 16.2. The fourth-order valence-corrected chi connectivity index (χ4v) is 2.46. The Morgan fingerprint density at radius 1 is 1.12 bits per heavy atom. The monoisotopic (exact) mass is 336 g/mol. The van der Waals surface area contributed by atoms with Gasteiger partial charge >= 0.3 is 0 Å². The molecule has 0 fully saturated rings. The number of guanidine groups is 1. The highest BCUT2D eigenvalue weighted by Gasteiger charge is 2.08. The molecule has 0 saturated heterocycles. The summed E-state index contributed by atoms with van der Waals surface area (Å²) in [5.74, 6) is 2.68. The van der Waals surface area contributed by atoms with Crippen LogP contribution in [0.4, 0.5) is 0 Å². The number of hydrogen-bond acceptors (Lipinski definition) is 3. The lowest BCUT2D eigenvalue weighted by atomic mass is 10.1. The minimum absolute atomic E-state index is 0.427. The zero-order chi connectivity index (χ0) is 17.8. The van der Waals surface area contributed by atoms with E-state index in [0.29, 0.717) is 12.6 Å². The molecule has 6 heteroatoms. The molecular weight excluding hydrogens is 300 g/mol. The maximum Gasteiger partial charge on any atom is 0.191 e. The Morgan fingerprint density at radius 2 is 1.88 bits per heavy atom. The van der Waals surface area contributed by atoms with Gasteiger partial charge in [0.2, 0.25) is 0 Å². The van der Waals surface area contributed by atoms with Crippen molar-refractivity contribution in [2.75, 3.05) is 6.54 Å². The first kappa shape index (κ1) is 20.5. The van der Waals surface area contributed by atoms with Gasteiger partial charge in [0.1, 0.15) is 12.4 Å². The molecule has 1 atom stereocenters. The molecule has 1 rings (SSSR count). The number of aromatic nitrogens is 3. The van der Waals surface area contributed by atoms with E-state index in [1.54, 1.807) is 0 Å². The van der Waals surface area contributed by atoms with Crippen LogP contribution < -0.4 is 10.6 Å². The number of hydrogen-bond donors (Lipinski definition) is 2. The summed E-state index contributed by atoms with van der Waals surface area (Å²) in [5.41, 5.74) is 0. The maximum atomic E-state index is 4.70. The predicted octanol–water partition coefficient (Wildman–Crippen LogP) is 3.32. The van der Waals surface area contributed by atoms with E-state index >= 15 is 0 Å². The van der Waals surface area contributed by atoms with Crippen molar-refractivity contribution in [2.24, 2.45) is 12.0 Å². The summed E-state index contributed by atoms with van der Waals surface area (Å²) in [7, 11) is 1.98. The van der Waals surface area contributed by atoms with Crippen molar-refractivity contribution in [3.05, 3.63) is 11.6 Å². The molecule has 1 aromatic heterocycles. The van der Waals surface area contributed by atoms with Gasteiger partial charge in [-0.25, -0.2) is 4.99 Å². The standard InChI is InChI=1S/C18H36N6/c1-6-8-10-11-12-15(3)21-18(19-13-9-7-2)20-14-17-23-22-16(4)24(17)5/h15H,6-14H2,1-5H3,(H2,19,20,21). The van der Waals surface area contributed by atoms with E-state index in [9.17, 15) is 0 Å². The van der Waals surface area contributed by atoms with Crippen LogP contribution in [0.1, 0.15) is 77.4 Å². The minimum atomic E-state index is 0.427. The molecule has 1 unspecified atom stereocenters. The number of rotatable bonds is 11. The Bertz CT molecular complexity index is 480.